The summed E-state index contributed by atoms with van der Waals surface area (Å²) in [7, 11) is 0. The van der Waals surface area contributed by atoms with Crippen molar-refractivity contribution in [3.8, 4) is 0 Å². The van der Waals surface area contributed by atoms with Crippen molar-refractivity contribution in [3.63, 3.8) is 0 Å². The van der Waals surface area contributed by atoms with E-state index in [1.165, 1.54) is 25.7 Å². The molecule has 2 aliphatic rings. The lowest BCUT2D eigenvalue weighted by molar-refractivity contribution is -0.137. The fourth-order valence-corrected chi connectivity index (χ4v) is 3.41. The second kappa shape index (κ2) is 8.79. The van der Waals surface area contributed by atoms with E-state index in [0.29, 0.717) is 6.42 Å². The molecule has 0 aromatic carbocycles. The first-order valence-corrected chi connectivity index (χ1v) is 8.76. The minimum absolute atomic E-state index is 0.156. The van der Waals surface area contributed by atoms with Crippen LogP contribution in [0.3, 0.4) is 0 Å². The average Bonchev–Trinajstić information content (AvgIpc) is 2.48. The lowest BCUT2D eigenvalue weighted by Gasteiger charge is -2.24. The quantitative estimate of drug-likeness (QED) is 0.764. The van der Waals surface area contributed by atoms with Gasteiger partial charge in [0.15, 0.2) is 0 Å². The van der Waals surface area contributed by atoms with Crippen LogP contribution in [0.5, 0.6) is 0 Å². The molecule has 6 heteroatoms. The number of nitrogens with one attached hydrogen (secondary N) is 2. The summed E-state index contributed by atoms with van der Waals surface area (Å²) in [6.45, 7) is 0. The predicted octanol–water partition coefficient (Wildman–Crippen LogP) is 2.46. The van der Waals surface area contributed by atoms with Gasteiger partial charge >= 0.3 is 6.03 Å². The molecule has 23 heavy (non-hydrogen) atoms. The van der Waals surface area contributed by atoms with Crippen LogP contribution in [-0.2, 0) is 14.4 Å². The number of Topliss-reactive ketones (excluding diaryl/α,β-unsaturated/α-hetero) is 1. The molecule has 2 fully saturated rings. The Morgan fingerprint density at radius 3 is 1.87 bits per heavy atom. The van der Waals surface area contributed by atoms with Crippen LogP contribution in [0, 0.1) is 11.8 Å². The summed E-state index contributed by atoms with van der Waals surface area (Å²) in [5.74, 6) is -2.21. The number of barbiturate groups is 1. The van der Waals surface area contributed by atoms with Crippen molar-refractivity contribution in [2.45, 2.75) is 70.6 Å². The number of ketones is 1. The van der Waals surface area contributed by atoms with Gasteiger partial charge in [0.1, 0.15) is 11.7 Å². The Labute approximate surface area is 136 Å². The Bertz CT molecular complexity index is 455. The van der Waals surface area contributed by atoms with Gasteiger partial charge in [0, 0.05) is 12.3 Å². The molecule has 1 heterocycles. The lowest BCUT2D eigenvalue weighted by atomic mass is 9.83. The van der Waals surface area contributed by atoms with Crippen LogP contribution in [0.15, 0.2) is 0 Å². The number of hydrogen-bond donors (Lipinski definition) is 2. The Morgan fingerprint density at radius 1 is 0.739 bits per heavy atom. The molecule has 2 N–H and O–H groups in total. The van der Waals surface area contributed by atoms with Gasteiger partial charge in [-0.15, -0.1) is 0 Å². The second-order valence-electron chi connectivity index (χ2n) is 6.63. The highest BCUT2D eigenvalue weighted by atomic mass is 16.2. The number of hydrogen-bond acceptors (Lipinski definition) is 4. The van der Waals surface area contributed by atoms with Gasteiger partial charge in [0.05, 0.1) is 0 Å². The van der Waals surface area contributed by atoms with Gasteiger partial charge in [0.2, 0.25) is 11.8 Å². The van der Waals surface area contributed by atoms with E-state index in [1.54, 1.807) is 0 Å². The number of imide groups is 2. The van der Waals surface area contributed by atoms with Gasteiger partial charge in [-0.3, -0.25) is 25.0 Å². The molecular weight excluding hydrogens is 296 g/mol. The number of carbonyl (C=O) groups excluding carboxylic acids is 4. The molecule has 2 rings (SSSR count). The van der Waals surface area contributed by atoms with Gasteiger partial charge < -0.3 is 0 Å². The molecule has 0 spiro atoms. The monoisotopic (exact) mass is 322 g/mol. The number of urea groups is 1. The zero-order valence-corrected chi connectivity index (χ0v) is 13.6. The predicted molar refractivity (Wildman–Crippen MR) is 84.5 cm³/mol. The summed E-state index contributed by atoms with van der Waals surface area (Å²) in [5, 5.41) is 4.22. The maximum Gasteiger partial charge on any atom is 0.328 e. The first-order valence-electron chi connectivity index (χ1n) is 8.76. The van der Waals surface area contributed by atoms with E-state index in [1.807, 2.05) is 0 Å². The molecule has 1 unspecified atom stereocenters. The molecule has 1 saturated heterocycles. The fraction of sp³-hybridized carbons (Fsp3) is 0.765. The van der Waals surface area contributed by atoms with Crippen LogP contribution in [0.2, 0.25) is 0 Å². The fourth-order valence-electron chi connectivity index (χ4n) is 3.41. The van der Waals surface area contributed by atoms with E-state index in [-0.39, 0.29) is 18.1 Å². The average molecular weight is 322 g/mol. The van der Waals surface area contributed by atoms with Crippen molar-refractivity contribution in [2.75, 3.05) is 0 Å². The number of rotatable bonds is 2. The third-order valence-corrected chi connectivity index (χ3v) is 4.81. The largest absolute Gasteiger partial charge is 0.328 e. The van der Waals surface area contributed by atoms with Gasteiger partial charge in [-0.2, -0.15) is 0 Å². The first-order chi connectivity index (χ1) is 11.1. The Hall–Kier alpha value is -1.72. The molecular formula is C17H26N2O4. The molecule has 1 saturated carbocycles. The number of amides is 4. The Balaban J connectivity index is 1.97. The summed E-state index contributed by atoms with van der Waals surface area (Å²) in [6, 6.07) is -0.777. The van der Waals surface area contributed by atoms with Crippen molar-refractivity contribution >= 4 is 23.6 Å². The third-order valence-electron chi connectivity index (χ3n) is 4.81. The lowest BCUT2D eigenvalue weighted by Crippen LogP contribution is -2.56. The van der Waals surface area contributed by atoms with Crippen molar-refractivity contribution in [1.82, 2.24) is 10.6 Å². The summed E-state index contributed by atoms with van der Waals surface area (Å²) in [4.78, 5) is 47.3. The summed E-state index contributed by atoms with van der Waals surface area (Å²) in [6.07, 6.45) is 10.3. The van der Waals surface area contributed by atoms with Gasteiger partial charge in [-0.1, -0.05) is 44.9 Å². The highest BCUT2D eigenvalue weighted by Gasteiger charge is 2.37. The van der Waals surface area contributed by atoms with Crippen LogP contribution >= 0.6 is 0 Å². The van der Waals surface area contributed by atoms with E-state index in [0.717, 1.165) is 32.1 Å². The highest BCUT2D eigenvalue weighted by molar-refractivity contribution is 6.16. The molecule has 0 aromatic rings. The third kappa shape index (κ3) is 5.44. The Morgan fingerprint density at radius 2 is 1.26 bits per heavy atom. The van der Waals surface area contributed by atoms with E-state index in [9.17, 15) is 19.2 Å². The van der Waals surface area contributed by atoms with Crippen LogP contribution in [-0.4, -0.2) is 23.6 Å². The molecule has 0 radical (unpaired) electrons. The normalized spacial score (nSPS) is 26.0. The SMILES string of the molecule is O=C1NC(=O)C(CC2CCCCCCCCCCC2=O)C(=O)N1. The molecule has 1 aliphatic heterocycles. The molecule has 128 valence electrons. The van der Waals surface area contributed by atoms with Crippen molar-refractivity contribution < 1.29 is 19.2 Å². The maximum absolute atomic E-state index is 12.5. The maximum atomic E-state index is 12.5. The molecule has 1 atom stereocenters. The molecule has 1 aliphatic carbocycles. The van der Waals surface area contributed by atoms with E-state index in [4.69, 9.17) is 0 Å². The van der Waals surface area contributed by atoms with Crippen molar-refractivity contribution in [2.24, 2.45) is 11.8 Å². The molecule has 0 bridgehead atoms. The van der Waals surface area contributed by atoms with Gasteiger partial charge in [-0.25, -0.2) is 4.79 Å². The molecule has 0 aromatic heterocycles. The van der Waals surface area contributed by atoms with Gasteiger partial charge in [-0.05, 0) is 19.3 Å². The molecule has 6 nitrogen and oxygen atoms in total. The topological polar surface area (TPSA) is 92.3 Å². The Kier molecular flexibility index (Phi) is 6.74. The van der Waals surface area contributed by atoms with E-state index >= 15 is 0 Å². The zero-order chi connectivity index (χ0) is 16.7. The first kappa shape index (κ1) is 17.6. The van der Waals surface area contributed by atoms with E-state index in [2.05, 4.69) is 10.6 Å². The van der Waals surface area contributed by atoms with Crippen LogP contribution < -0.4 is 10.6 Å². The van der Waals surface area contributed by atoms with Crippen molar-refractivity contribution in [1.29, 1.82) is 0 Å². The minimum atomic E-state index is -0.936. The standard InChI is InChI=1S/C17H26N2O4/c20-14-10-8-6-4-2-1-3-5-7-9-12(14)11-13-15(21)18-17(23)19-16(13)22/h12-13H,1-11H2,(H2,18,19,21,22,23). The minimum Gasteiger partial charge on any atom is -0.299 e. The molecule has 4 amide bonds. The van der Waals surface area contributed by atoms with E-state index < -0.39 is 23.8 Å². The zero-order valence-electron chi connectivity index (χ0n) is 13.6. The van der Waals surface area contributed by atoms with Crippen LogP contribution in [0.4, 0.5) is 4.79 Å². The van der Waals surface area contributed by atoms with Crippen LogP contribution in [0.25, 0.3) is 0 Å². The second-order valence-corrected chi connectivity index (χ2v) is 6.63. The summed E-state index contributed by atoms with van der Waals surface area (Å²) in [5.41, 5.74) is 0. The number of carbonyl (C=O) groups is 4. The summed E-state index contributed by atoms with van der Waals surface area (Å²) >= 11 is 0. The highest BCUT2D eigenvalue weighted by Crippen LogP contribution is 2.25. The smallest absolute Gasteiger partial charge is 0.299 e. The van der Waals surface area contributed by atoms with Crippen molar-refractivity contribution in [3.05, 3.63) is 0 Å². The van der Waals surface area contributed by atoms with Gasteiger partial charge in [0.25, 0.3) is 0 Å². The van der Waals surface area contributed by atoms with Crippen LogP contribution in [0.1, 0.15) is 70.6 Å². The summed E-state index contributed by atoms with van der Waals surface area (Å²) < 4.78 is 0.